The standard InChI is InChI=1S/C18H21BrN2O10.Na/c1-2-28-18(27)29-9-12-11(31-15(24)4-3-14(22)23)7-13(30-12)21-8-10(5-6-19)16(25)20-17(21)26;/h5-6,8,11-13H,2-4,7,9H2,1H3,(H,22,23)(H,20,25,26);/q;+1/p-1/t11-,12+,13+;/m0./s1. The van der Waals surface area contributed by atoms with Crippen LogP contribution < -0.4 is 45.9 Å². The summed E-state index contributed by atoms with van der Waals surface area (Å²) in [5, 5.41) is 10.5. The molecule has 14 heteroatoms. The molecule has 1 fully saturated rings. The summed E-state index contributed by atoms with van der Waals surface area (Å²) < 4.78 is 21.7. The monoisotopic (exact) mass is 526 g/mol. The Balaban J connectivity index is 0.00000512. The molecule has 1 aromatic rings. The number of carbonyl (C=O) groups is 3. The number of carbonyl (C=O) groups excluding carboxylic acids is 3. The number of aromatic nitrogens is 2. The van der Waals surface area contributed by atoms with E-state index in [-0.39, 0.29) is 54.8 Å². The average Bonchev–Trinajstić information content (AvgIpc) is 3.09. The number of H-pyrrole nitrogens is 1. The second kappa shape index (κ2) is 13.6. The van der Waals surface area contributed by atoms with Crippen molar-refractivity contribution < 1.29 is 68.0 Å². The minimum absolute atomic E-state index is 0. The summed E-state index contributed by atoms with van der Waals surface area (Å²) in [6.07, 6.45) is -2.11. The molecule has 0 aromatic carbocycles. The van der Waals surface area contributed by atoms with E-state index in [1.807, 2.05) is 0 Å². The molecular weight excluding hydrogens is 507 g/mol. The molecule has 1 aliphatic heterocycles. The molecule has 1 aliphatic rings. The van der Waals surface area contributed by atoms with Crippen LogP contribution in [0.5, 0.6) is 0 Å². The van der Waals surface area contributed by atoms with Crippen LogP contribution in [0.2, 0.25) is 0 Å². The van der Waals surface area contributed by atoms with Gasteiger partial charge in [-0.2, -0.15) is 0 Å². The van der Waals surface area contributed by atoms with Crippen LogP contribution >= 0.6 is 15.9 Å². The zero-order valence-corrected chi connectivity index (χ0v) is 21.0. The van der Waals surface area contributed by atoms with Crippen molar-refractivity contribution in [2.75, 3.05) is 13.2 Å². The first kappa shape index (κ1) is 28.1. The smallest absolute Gasteiger partial charge is 0.550 e. The van der Waals surface area contributed by atoms with E-state index in [0.29, 0.717) is 0 Å². The second-order valence-electron chi connectivity index (χ2n) is 6.30. The number of hydrogen-bond acceptors (Lipinski definition) is 10. The number of halogens is 1. The van der Waals surface area contributed by atoms with Gasteiger partial charge in [0.15, 0.2) is 0 Å². The van der Waals surface area contributed by atoms with Crippen LogP contribution in [-0.4, -0.2) is 53.1 Å². The Morgan fingerprint density at radius 2 is 2.03 bits per heavy atom. The minimum atomic E-state index is -1.41. The molecule has 0 radical (unpaired) electrons. The molecule has 0 amide bonds. The molecule has 0 aliphatic carbocycles. The maximum Gasteiger partial charge on any atom is 1.00 e. The van der Waals surface area contributed by atoms with E-state index in [0.717, 1.165) is 4.57 Å². The maximum atomic E-state index is 12.3. The molecule has 3 atom stereocenters. The summed E-state index contributed by atoms with van der Waals surface area (Å²) in [6, 6.07) is 0. The second-order valence-corrected chi connectivity index (χ2v) is 6.83. The summed E-state index contributed by atoms with van der Waals surface area (Å²) in [4.78, 5) is 61.7. The fourth-order valence-electron chi connectivity index (χ4n) is 2.79. The first-order chi connectivity index (χ1) is 14.7. The Morgan fingerprint density at radius 1 is 1.31 bits per heavy atom. The molecule has 0 bridgehead atoms. The zero-order valence-electron chi connectivity index (χ0n) is 17.4. The molecule has 2 rings (SSSR count). The number of rotatable bonds is 9. The predicted molar refractivity (Wildman–Crippen MR) is 105 cm³/mol. The van der Waals surface area contributed by atoms with Crippen molar-refractivity contribution in [1.82, 2.24) is 9.55 Å². The fraction of sp³-hybridized carbons (Fsp3) is 0.500. The van der Waals surface area contributed by atoms with Crippen molar-refractivity contribution in [2.24, 2.45) is 0 Å². The minimum Gasteiger partial charge on any atom is -0.550 e. The quantitative estimate of drug-likeness (QED) is 0.256. The number of aromatic amines is 1. The first-order valence-electron chi connectivity index (χ1n) is 9.21. The van der Waals surface area contributed by atoms with Crippen molar-refractivity contribution in [3.8, 4) is 0 Å². The summed E-state index contributed by atoms with van der Waals surface area (Å²) in [5.41, 5.74) is -1.20. The van der Waals surface area contributed by atoms with E-state index >= 15 is 0 Å². The molecule has 1 N–H and O–H groups in total. The third-order valence-electron chi connectivity index (χ3n) is 4.17. The molecule has 1 saturated heterocycles. The number of carboxylic acids is 1. The van der Waals surface area contributed by atoms with Crippen molar-refractivity contribution in [3.63, 3.8) is 0 Å². The molecular formula is C18H20BrN2NaO10. The average molecular weight is 527 g/mol. The van der Waals surface area contributed by atoms with Gasteiger partial charge in [0.25, 0.3) is 5.56 Å². The van der Waals surface area contributed by atoms with Crippen LogP contribution in [0.15, 0.2) is 20.8 Å². The van der Waals surface area contributed by atoms with Crippen LogP contribution in [0, 0.1) is 0 Å². The van der Waals surface area contributed by atoms with Crippen LogP contribution in [0.3, 0.4) is 0 Å². The molecule has 2 heterocycles. The van der Waals surface area contributed by atoms with Gasteiger partial charge >= 0.3 is 47.4 Å². The third kappa shape index (κ3) is 8.20. The predicted octanol–water partition coefficient (Wildman–Crippen LogP) is -3.19. The molecule has 0 spiro atoms. The Kier molecular flexibility index (Phi) is 11.9. The van der Waals surface area contributed by atoms with E-state index in [2.05, 4.69) is 25.7 Å². The van der Waals surface area contributed by atoms with Gasteiger partial charge in [-0.25, -0.2) is 9.59 Å². The van der Waals surface area contributed by atoms with E-state index in [1.165, 1.54) is 17.3 Å². The summed E-state index contributed by atoms with van der Waals surface area (Å²) in [7, 11) is 0. The first-order valence-corrected chi connectivity index (χ1v) is 10.1. The largest absolute Gasteiger partial charge is 1.00 e. The zero-order chi connectivity index (χ0) is 23.0. The van der Waals surface area contributed by atoms with Crippen LogP contribution in [0.25, 0.3) is 6.08 Å². The Morgan fingerprint density at radius 3 is 2.66 bits per heavy atom. The van der Waals surface area contributed by atoms with E-state index < -0.39 is 60.6 Å². The van der Waals surface area contributed by atoms with Gasteiger partial charge in [-0.1, -0.05) is 15.9 Å². The van der Waals surface area contributed by atoms with Crippen molar-refractivity contribution >= 4 is 40.1 Å². The van der Waals surface area contributed by atoms with Gasteiger partial charge in [-0.3, -0.25) is 19.1 Å². The number of carboxylic acid groups (broad SMARTS) is 1. The summed E-state index contributed by atoms with van der Waals surface area (Å²) in [6.45, 7) is 1.33. The van der Waals surface area contributed by atoms with Crippen molar-refractivity contribution in [2.45, 2.75) is 44.6 Å². The van der Waals surface area contributed by atoms with Gasteiger partial charge in [-0.15, -0.1) is 0 Å². The van der Waals surface area contributed by atoms with Crippen LogP contribution in [-0.2, 0) is 28.5 Å². The summed E-state index contributed by atoms with van der Waals surface area (Å²) in [5.74, 6) is -2.23. The maximum absolute atomic E-state index is 12.3. The van der Waals surface area contributed by atoms with Crippen LogP contribution in [0.1, 0.15) is 38.0 Å². The van der Waals surface area contributed by atoms with Crippen molar-refractivity contribution in [1.29, 1.82) is 0 Å². The molecule has 170 valence electrons. The van der Waals surface area contributed by atoms with Crippen LogP contribution in [0.4, 0.5) is 4.79 Å². The number of nitrogens with zero attached hydrogens (tertiary/aromatic N) is 1. The topological polar surface area (TPSA) is 166 Å². The van der Waals surface area contributed by atoms with Gasteiger partial charge in [-0.05, 0) is 24.4 Å². The van der Waals surface area contributed by atoms with E-state index in [1.54, 1.807) is 6.92 Å². The SMILES string of the molecule is CCOC(=O)OC[C@H]1O[C@@H](n2cc(C=CBr)c(=O)[nH]c2=O)C[C@@H]1OC(=O)CCC(=O)[O-].[Na+]. The Bertz CT molecular complexity index is 960. The van der Waals surface area contributed by atoms with E-state index in [9.17, 15) is 29.1 Å². The Hall–Kier alpha value is -1.93. The number of ether oxygens (including phenoxy) is 4. The fourth-order valence-corrected chi connectivity index (χ4v) is 3.07. The number of esters is 1. The molecule has 12 nitrogen and oxygen atoms in total. The van der Waals surface area contributed by atoms with Gasteiger partial charge < -0.3 is 28.8 Å². The van der Waals surface area contributed by atoms with Crippen molar-refractivity contribution in [3.05, 3.63) is 37.6 Å². The molecule has 1 aromatic heterocycles. The number of nitrogens with one attached hydrogen (secondary N) is 1. The normalized spacial score (nSPS) is 19.9. The third-order valence-corrected chi connectivity index (χ3v) is 4.44. The summed E-state index contributed by atoms with van der Waals surface area (Å²) >= 11 is 3.05. The van der Waals surface area contributed by atoms with Gasteiger partial charge in [0.1, 0.15) is 25.0 Å². The molecule has 0 unspecified atom stereocenters. The Labute approximate surface area is 212 Å². The van der Waals surface area contributed by atoms with Gasteiger partial charge in [0.05, 0.1) is 18.6 Å². The van der Waals surface area contributed by atoms with E-state index in [4.69, 9.17) is 14.2 Å². The number of aliphatic carboxylic acids is 1. The number of hydrogen-bond donors (Lipinski definition) is 1. The molecule has 0 saturated carbocycles. The van der Waals surface area contributed by atoms with Gasteiger partial charge in [0.2, 0.25) is 0 Å². The van der Waals surface area contributed by atoms with Gasteiger partial charge in [0, 0.05) is 18.6 Å². The molecule has 32 heavy (non-hydrogen) atoms.